The van der Waals surface area contributed by atoms with E-state index in [2.05, 4.69) is 10.3 Å². The lowest BCUT2D eigenvalue weighted by Crippen LogP contribution is -2.28. The maximum Gasteiger partial charge on any atom is 0.231 e. The number of thiazole rings is 1. The fourth-order valence-electron chi connectivity index (χ4n) is 3.20. The Kier molecular flexibility index (Phi) is 4.80. The van der Waals surface area contributed by atoms with Gasteiger partial charge in [-0.3, -0.25) is 9.59 Å². The first-order valence-electron chi connectivity index (χ1n) is 8.79. The summed E-state index contributed by atoms with van der Waals surface area (Å²) in [5, 5.41) is 2.93. The maximum atomic E-state index is 13.3. The zero-order valence-corrected chi connectivity index (χ0v) is 15.9. The highest BCUT2D eigenvalue weighted by Crippen LogP contribution is 2.29. The Morgan fingerprint density at radius 1 is 1.25 bits per heavy atom. The van der Waals surface area contributed by atoms with Crippen LogP contribution in [0.2, 0.25) is 0 Å². The van der Waals surface area contributed by atoms with Crippen molar-refractivity contribution in [1.82, 2.24) is 9.88 Å². The van der Waals surface area contributed by atoms with Crippen molar-refractivity contribution in [3.63, 3.8) is 0 Å². The normalized spacial score (nSPS) is 16.8. The van der Waals surface area contributed by atoms with Crippen molar-refractivity contribution in [2.45, 2.75) is 19.9 Å². The highest BCUT2D eigenvalue weighted by Gasteiger charge is 2.34. The summed E-state index contributed by atoms with van der Waals surface area (Å²) in [6.45, 7) is 2.78. The molecule has 0 bridgehead atoms. The first kappa shape index (κ1) is 18.5. The van der Waals surface area contributed by atoms with Gasteiger partial charge in [0.1, 0.15) is 0 Å². The Bertz CT molecular complexity index is 1030. The second kappa shape index (κ2) is 7.27. The number of halogens is 2. The van der Waals surface area contributed by atoms with Crippen LogP contribution in [0.1, 0.15) is 17.5 Å². The van der Waals surface area contributed by atoms with E-state index in [0.717, 1.165) is 34.6 Å². The lowest BCUT2D eigenvalue weighted by Gasteiger charge is -2.16. The fourth-order valence-corrected chi connectivity index (χ4v) is 4.07. The smallest absolute Gasteiger partial charge is 0.231 e. The molecule has 1 aliphatic rings. The van der Waals surface area contributed by atoms with E-state index < -0.39 is 17.6 Å². The van der Waals surface area contributed by atoms with Crippen LogP contribution in [-0.2, 0) is 16.1 Å². The molecule has 1 unspecified atom stereocenters. The van der Waals surface area contributed by atoms with Gasteiger partial charge >= 0.3 is 0 Å². The molecule has 5 nitrogen and oxygen atoms in total. The molecule has 28 heavy (non-hydrogen) atoms. The molecule has 8 heteroatoms. The number of nitrogens with one attached hydrogen (secondary N) is 1. The lowest BCUT2D eigenvalue weighted by molar-refractivity contribution is -0.128. The van der Waals surface area contributed by atoms with Crippen molar-refractivity contribution in [3.05, 3.63) is 59.2 Å². The van der Waals surface area contributed by atoms with Gasteiger partial charge in [-0.05, 0) is 18.6 Å². The van der Waals surface area contributed by atoms with Crippen LogP contribution in [0, 0.1) is 24.5 Å². The molecule has 1 saturated heterocycles. The number of hydrogen-bond acceptors (Lipinski definition) is 4. The molecule has 0 saturated carbocycles. The van der Waals surface area contributed by atoms with Gasteiger partial charge in [0.2, 0.25) is 11.8 Å². The molecule has 144 valence electrons. The average molecular weight is 401 g/mol. The van der Waals surface area contributed by atoms with Crippen LogP contribution >= 0.6 is 11.3 Å². The van der Waals surface area contributed by atoms with E-state index >= 15 is 0 Å². The van der Waals surface area contributed by atoms with E-state index in [0.29, 0.717) is 17.8 Å². The zero-order chi connectivity index (χ0) is 19.8. The third-order valence-corrected chi connectivity index (χ3v) is 5.67. The van der Waals surface area contributed by atoms with Gasteiger partial charge in [0.15, 0.2) is 16.8 Å². The van der Waals surface area contributed by atoms with Gasteiger partial charge in [-0.15, -0.1) is 0 Å². The van der Waals surface area contributed by atoms with E-state index in [1.54, 1.807) is 4.90 Å². The van der Waals surface area contributed by atoms with Crippen molar-refractivity contribution < 1.29 is 18.4 Å². The Morgan fingerprint density at radius 3 is 2.71 bits per heavy atom. The number of carbonyl (C=O) groups is 2. The Labute approximate surface area is 164 Å². The van der Waals surface area contributed by atoms with E-state index in [1.165, 1.54) is 0 Å². The summed E-state index contributed by atoms with van der Waals surface area (Å²) in [6.07, 6.45) is 0.131. The molecule has 2 heterocycles. The minimum Gasteiger partial charge on any atom is -0.338 e. The van der Waals surface area contributed by atoms with Crippen molar-refractivity contribution >= 4 is 38.5 Å². The highest BCUT2D eigenvalue weighted by molar-refractivity contribution is 7.22. The summed E-state index contributed by atoms with van der Waals surface area (Å²) < 4.78 is 27.1. The third-order valence-electron chi connectivity index (χ3n) is 4.74. The molecule has 0 radical (unpaired) electrons. The third kappa shape index (κ3) is 3.73. The standard InChI is InChI=1S/C20H17F2N3O2S/c1-11-2-4-12(5-3-11)9-25-10-13(6-18(25)26)19(27)24-20-23-16-7-14(21)15(22)8-17(16)28-20/h2-5,7-8,13H,6,9-10H2,1H3,(H,23,24,27). The average Bonchev–Trinajstić information content (AvgIpc) is 3.20. The maximum absolute atomic E-state index is 13.3. The largest absolute Gasteiger partial charge is 0.338 e. The zero-order valence-electron chi connectivity index (χ0n) is 15.0. The number of amides is 2. The minimum absolute atomic E-state index is 0.0748. The first-order chi connectivity index (χ1) is 13.4. The highest BCUT2D eigenvalue weighted by atomic mass is 32.1. The molecule has 0 aliphatic carbocycles. The van der Waals surface area contributed by atoms with Crippen LogP contribution < -0.4 is 5.32 Å². The number of likely N-dealkylation sites (tertiary alicyclic amines) is 1. The van der Waals surface area contributed by atoms with Gasteiger partial charge < -0.3 is 10.2 Å². The van der Waals surface area contributed by atoms with Crippen molar-refractivity contribution in [1.29, 1.82) is 0 Å². The van der Waals surface area contributed by atoms with Crippen molar-refractivity contribution in [2.24, 2.45) is 5.92 Å². The summed E-state index contributed by atoms with van der Waals surface area (Å²) in [7, 11) is 0. The number of anilines is 1. The van der Waals surface area contributed by atoms with Crippen LogP contribution in [0.4, 0.5) is 13.9 Å². The molecule has 1 aliphatic heterocycles. The number of hydrogen-bond donors (Lipinski definition) is 1. The number of carbonyl (C=O) groups excluding carboxylic acids is 2. The van der Waals surface area contributed by atoms with Crippen molar-refractivity contribution in [2.75, 3.05) is 11.9 Å². The number of fused-ring (bicyclic) bond motifs is 1. The molecule has 3 aromatic rings. The van der Waals surface area contributed by atoms with Crippen molar-refractivity contribution in [3.8, 4) is 0 Å². The minimum atomic E-state index is -0.983. The first-order valence-corrected chi connectivity index (χ1v) is 9.60. The van der Waals surface area contributed by atoms with Gasteiger partial charge in [0.25, 0.3) is 0 Å². The van der Waals surface area contributed by atoms with Gasteiger partial charge in [0, 0.05) is 25.6 Å². The van der Waals surface area contributed by atoms with Crippen LogP contribution in [0.15, 0.2) is 36.4 Å². The predicted molar refractivity (Wildman–Crippen MR) is 103 cm³/mol. The number of rotatable bonds is 4. The molecule has 1 aromatic heterocycles. The van der Waals surface area contributed by atoms with Gasteiger partial charge in [0.05, 0.1) is 16.1 Å². The second-order valence-electron chi connectivity index (χ2n) is 6.90. The molecular formula is C20H17F2N3O2S. The molecular weight excluding hydrogens is 384 g/mol. The lowest BCUT2D eigenvalue weighted by atomic mass is 10.1. The molecule has 1 fully saturated rings. The monoisotopic (exact) mass is 401 g/mol. The van der Waals surface area contributed by atoms with Crippen LogP contribution in [0.5, 0.6) is 0 Å². The predicted octanol–water partition coefficient (Wildman–Crippen LogP) is 3.87. The molecule has 0 spiro atoms. The van der Waals surface area contributed by atoms with Crippen LogP contribution in [0.3, 0.4) is 0 Å². The second-order valence-corrected chi connectivity index (χ2v) is 7.93. The summed E-state index contributed by atoms with van der Waals surface area (Å²) in [5.41, 5.74) is 2.43. The molecule has 2 aromatic carbocycles. The number of aryl methyl sites for hydroxylation is 1. The quantitative estimate of drug-likeness (QED) is 0.722. The number of nitrogens with zero attached hydrogens (tertiary/aromatic N) is 2. The number of benzene rings is 2. The van der Waals surface area contributed by atoms with Gasteiger partial charge in [-0.1, -0.05) is 41.2 Å². The fraction of sp³-hybridized carbons (Fsp3) is 0.250. The SMILES string of the molecule is Cc1ccc(CN2CC(C(=O)Nc3nc4cc(F)c(F)cc4s3)CC2=O)cc1. The molecule has 1 N–H and O–H groups in total. The Hall–Kier alpha value is -2.87. The van der Waals surface area contributed by atoms with Gasteiger partial charge in [-0.2, -0.15) is 0 Å². The van der Waals surface area contributed by atoms with Crippen LogP contribution in [-0.4, -0.2) is 28.2 Å². The van der Waals surface area contributed by atoms with E-state index in [9.17, 15) is 18.4 Å². The van der Waals surface area contributed by atoms with Crippen LogP contribution in [0.25, 0.3) is 10.2 Å². The summed E-state index contributed by atoms with van der Waals surface area (Å²) in [5.74, 6) is -2.82. The Balaban J connectivity index is 1.42. The summed E-state index contributed by atoms with van der Waals surface area (Å²) in [6, 6.07) is 9.96. The molecule has 1 atom stereocenters. The molecule has 2 amide bonds. The summed E-state index contributed by atoms with van der Waals surface area (Å²) in [4.78, 5) is 30.6. The molecule has 4 rings (SSSR count). The number of aromatic nitrogens is 1. The Morgan fingerprint density at radius 2 is 1.96 bits per heavy atom. The van der Waals surface area contributed by atoms with Gasteiger partial charge in [-0.25, -0.2) is 13.8 Å². The topological polar surface area (TPSA) is 62.3 Å². The van der Waals surface area contributed by atoms with E-state index in [-0.39, 0.29) is 28.9 Å². The van der Waals surface area contributed by atoms with E-state index in [1.807, 2.05) is 31.2 Å². The van der Waals surface area contributed by atoms with E-state index in [4.69, 9.17) is 0 Å². The summed E-state index contributed by atoms with van der Waals surface area (Å²) >= 11 is 1.06.